The summed E-state index contributed by atoms with van der Waals surface area (Å²) in [5.74, 6) is 1.74. The molecule has 3 nitrogen and oxygen atoms in total. The molecule has 1 aromatic heterocycles. The van der Waals surface area contributed by atoms with E-state index >= 15 is 0 Å². The topological polar surface area (TPSA) is 37.9 Å². The maximum Gasteiger partial charge on any atom is 0.133 e. The van der Waals surface area contributed by atoms with Gasteiger partial charge in [-0.15, -0.1) is 0 Å². The Morgan fingerprint density at radius 3 is 2.73 bits per heavy atom. The summed E-state index contributed by atoms with van der Waals surface area (Å²) in [7, 11) is 1.65. The number of imidazole rings is 1. The summed E-state index contributed by atoms with van der Waals surface area (Å²) in [5.41, 5.74) is 2.10. The van der Waals surface area contributed by atoms with Crippen molar-refractivity contribution in [2.24, 2.45) is 0 Å². The molecule has 1 heterocycles. The predicted molar refractivity (Wildman–Crippen MR) is 63.0 cm³/mol. The highest BCUT2D eigenvalue weighted by atomic mass is 79.9. The molecule has 0 bridgehead atoms. The van der Waals surface area contributed by atoms with E-state index in [4.69, 9.17) is 4.74 Å². The van der Waals surface area contributed by atoms with Crippen LogP contribution in [0.1, 0.15) is 5.82 Å². The highest BCUT2D eigenvalue weighted by Crippen LogP contribution is 2.29. The molecule has 0 aliphatic heterocycles. The molecular weight excluding hydrogens is 256 g/mol. The van der Waals surface area contributed by atoms with Gasteiger partial charge in [-0.2, -0.15) is 0 Å². The number of benzene rings is 1. The fourth-order valence-electron chi connectivity index (χ4n) is 1.40. The van der Waals surface area contributed by atoms with Gasteiger partial charge in [0, 0.05) is 5.56 Å². The van der Waals surface area contributed by atoms with Gasteiger partial charge in [-0.1, -0.05) is 0 Å². The average Bonchev–Trinajstić information content (AvgIpc) is 2.65. The van der Waals surface area contributed by atoms with Crippen LogP contribution in [0.5, 0.6) is 5.75 Å². The Morgan fingerprint density at radius 1 is 1.40 bits per heavy atom. The molecule has 0 saturated heterocycles. The van der Waals surface area contributed by atoms with Crippen molar-refractivity contribution in [3.8, 4) is 17.0 Å². The van der Waals surface area contributed by atoms with E-state index < -0.39 is 0 Å². The molecule has 1 N–H and O–H groups in total. The van der Waals surface area contributed by atoms with Crippen LogP contribution < -0.4 is 4.74 Å². The van der Waals surface area contributed by atoms with Crippen molar-refractivity contribution in [2.75, 3.05) is 7.11 Å². The van der Waals surface area contributed by atoms with Crippen LogP contribution in [-0.2, 0) is 0 Å². The predicted octanol–water partition coefficient (Wildman–Crippen LogP) is 3.16. The van der Waals surface area contributed by atoms with E-state index in [0.29, 0.717) is 0 Å². The molecule has 0 unspecified atom stereocenters. The maximum atomic E-state index is 5.17. The Morgan fingerprint density at radius 2 is 2.20 bits per heavy atom. The molecule has 4 heteroatoms. The Hall–Kier alpha value is -1.29. The minimum absolute atomic E-state index is 0.829. The van der Waals surface area contributed by atoms with Crippen LogP contribution in [0.15, 0.2) is 28.9 Å². The van der Waals surface area contributed by atoms with Gasteiger partial charge in [0.05, 0.1) is 23.5 Å². The second-order valence-corrected chi connectivity index (χ2v) is 4.09. The number of rotatable bonds is 2. The van der Waals surface area contributed by atoms with Crippen LogP contribution in [0, 0.1) is 6.92 Å². The van der Waals surface area contributed by atoms with E-state index in [1.54, 1.807) is 7.11 Å². The van der Waals surface area contributed by atoms with E-state index in [0.717, 1.165) is 27.3 Å². The Labute approximate surface area is 96.6 Å². The lowest BCUT2D eigenvalue weighted by atomic mass is 10.2. The van der Waals surface area contributed by atoms with Gasteiger partial charge >= 0.3 is 0 Å². The lowest BCUT2D eigenvalue weighted by Crippen LogP contribution is -1.85. The molecular formula is C11H11BrN2O. The van der Waals surface area contributed by atoms with Crippen LogP contribution in [0.4, 0.5) is 0 Å². The summed E-state index contributed by atoms with van der Waals surface area (Å²) in [4.78, 5) is 7.35. The molecule has 0 radical (unpaired) electrons. The van der Waals surface area contributed by atoms with Crippen molar-refractivity contribution in [3.63, 3.8) is 0 Å². The fraction of sp³-hybridized carbons (Fsp3) is 0.182. The van der Waals surface area contributed by atoms with Crippen LogP contribution in [0.2, 0.25) is 0 Å². The van der Waals surface area contributed by atoms with E-state index in [1.807, 2.05) is 31.3 Å². The van der Waals surface area contributed by atoms with Gasteiger partial charge in [-0.25, -0.2) is 4.98 Å². The Kier molecular flexibility index (Phi) is 2.77. The van der Waals surface area contributed by atoms with Gasteiger partial charge in [-0.3, -0.25) is 0 Å². The number of aromatic nitrogens is 2. The summed E-state index contributed by atoms with van der Waals surface area (Å²) in [6, 6.07) is 5.93. The Bertz CT molecular complexity index is 479. The summed E-state index contributed by atoms with van der Waals surface area (Å²) in [5, 5.41) is 0. The third kappa shape index (κ3) is 2.04. The summed E-state index contributed by atoms with van der Waals surface area (Å²) < 4.78 is 6.11. The fourth-order valence-corrected chi connectivity index (χ4v) is 1.94. The smallest absolute Gasteiger partial charge is 0.133 e. The van der Waals surface area contributed by atoms with E-state index in [1.165, 1.54) is 0 Å². The largest absolute Gasteiger partial charge is 0.496 e. The second-order valence-electron chi connectivity index (χ2n) is 3.23. The van der Waals surface area contributed by atoms with Gasteiger partial charge in [0.2, 0.25) is 0 Å². The maximum absolute atomic E-state index is 5.17. The number of hydrogen-bond donors (Lipinski definition) is 1. The van der Waals surface area contributed by atoms with Gasteiger partial charge in [0.1, 0.15) is 11.6 Å². The number of hydrogen-bond acceptors (Lipinski definition) is 2. The molecule has 0 aliphatic rings. The van der Waals surface area contributed by atoms with Crippen molar-refractivity contribution in [3.05, 3.63) is 34.7 Å². The van der Waals surface area contributed by atoms with Crippen LogP contribution in [-0.4, -0.2) is 17.1 Å². The zero-order chi connectivity index (χ0) is 10.8. The first-order valence-electron chi connectivity index (χ1n) is 4.56. The molecule has 0 atom stereocenters. The van der Waals surface area contributed by atoms with Gasteiger partial charge in [0.15, 0.2) is 0 Å². The monoisotopic (exact) mass is 266 g/mol. The molecule has 0 fully saturated rings. The van der Waals surface area contributed by atoms with Gasteiger partial charge < -0.3 is 9.72 Å². The number of aryl methyl sites for hydroxylation is 1. The molecule has 2 aromatic rings. The van der Waals surface area contributed by atoms with Crippen molar-refractivity contribution in [1.29, 1.82) is 0 Å². The third-order valence-electron chi connectivity index (χ3n) is 2.17. The summed E-state index contributed by atoms with van der Waals surface area (Å²) in [6.07, 6.45) is 1.82. The number of aromatic amines is 1. The molecule has 0 spiro atoms. The average molecular weight is 267 g/mol. The first kappa shape index (κ1) is 10.2. The molecule has 15 heavy (non-hydrogen) atoms. The summed E-state index contributed by atoms with van der Waals surface area (Å²) in [6.45, 7) is 1.93. The van der Waals surface area contributed by atoms with Crippen molar-refractivity contribution in [2.45, 2.75) is 6.92 Å². The van der Waals surface area contributed by atoms with Gasteiger partial charge in [0.25, 0.3) is 0 Å². The third-order valence-corrected chi connectivity index (χ3v) is 2.79. The lowest BCUT2D eigenvalue weighted by Gasteiger charge is -2.04. The number of nitrogens with one attached hydrogen (secondary N) is 1. The van der Waals surface area contributed by atoms with Crippen LogP contribution >= 0.6 is 15.9 Å². The highest BCUT2D eigenvalue weighted by molar-refractivity contribution is 9.10. The van der Waals surface area contributed by atoms with Crippen molar-refractivity contribution >= 4 is 15.9 Å². The minimum atomic E-state index is 0.829. The number of halogens is 1. The SMILES string of the molecule is COc1ccc(-c2cnc(C)[nH]2)cc1Br. The Balaban J connectivity index is 2.42. The number of ether oxygens (including phenoxy) is 1. The molecule has 2 rings (SSSR count). The lowest BCUT2D eigenvalue weighted by molar-refractivity contribution is 0.412. The quantitative estimate of drug-likeness (QED) is 0.907. The molecule has 0 saturated carbocycles. The minimum Gasteiger partial charge on any atom is -0.496 e. The van der Waals surface area contributed by atoms with Gasteiger partial charge in [-0.05, 0) is 41.1 Å². The van der Waals surface area contributed by atoms with E-state index in [2.05, 4.69) is 25.9 Å². The summed E-state index contributed by atoms with van der Waals surface area (Å²) >= 11 is 3.45. The second kappa shape index (κ2) is 4.06. The zero-order valence-electron chi connectivity index (χ0n) is 8.54. The van der Waals surface area contributed by atoms with E-state index in [-0.39, 0.29) is 0 Å². The van der Waals surface area contributed by atoms with Crippen molar-refractivity contribution in [1.82, 2.24) is 9.97 Å². The first-order valence-corrected chi connectivity index (χ1v) is 5.35. The van der Waals surface area contributed by atoms with Crippen LogP contribution in [0.3, 0.4) is 0 Å². The number of nitrogens with zero attached hydrogens (tertiary/aromatic N) is 1. The highest BCUT2D eigenvalue weighted by Gasteiger charge is 2.04. The molecule has 0 amide bonds. The molecule has 78 valence electrons. The first-order chi connectivity index (χ1) is 7.20. The number of H-pyrrole nitrogens is 1. The van der Waals surface area contributed by atoms with E-state index in [9.17, 15) is 0 Å². The van der Waals surface area contributed by atoms with Crippen LogP contribution in [0.25, 0.3) is 11.3 Å². The normalized spacial score (nSPS) is 10.3. The number of methoxy groups -OCH3 is 1. The molecule has 0 aliphatic carbocycles. The standard InChI is InChI=1S/C11H11BrN2O/c1-7-13-6-10(14-7)8-3-4-11(15-2)9(12)5-8/h3-6H,1-2H3,(H,13,14). The zero-order valence-corrected chi connectivity index (χ0v) is 10.1. The molecule has 1 aromatic carbocycles. The van der Waals surface area contributed by atoms with Crippen molar-refractivity contribution < 1.29 is 4.74 Å².